The highest BCUT2D eigenvalue weighted by atomic mass is 15.2. The summed E-state index contributed by atoms with van der Waals surface area (Å²) in [6.45, 7) is 12.8. The van der Waals surface area contributed by atoms with Gasteiger partial charge in [-0.1, -0.05) is 51.1 Å². The maximum atomic E-state index is 3.69. The molecule has 0 radical (unpaired) electrons. The van der Waals surface area contributed by atoms with Crippen molar-refractivity contribution < 1.29 is 0 Å². The zero-order valence-electron chi connectivity index (χ0n) is 14.2. The van der Waals surface area contributed by atoms with Crippen LogP contribution < -0.4 is 5.32 Å². The van der Waals surface area contributed by atoms with Crippen molar-refractivity contribution in [1.29, 1.82) is 0 Å². The maximum absolute atomic E-state index is 3.69. The lowest BCUT2D eigenvalue weighted by Gasteiger charge is -2.40. The van der Waals surface area contributed by atoms with Gasteiger partial charge in [0, 0.05) is 12.1 Å². The number of likely N-dealkylation sites (N-methyl/N-ethyl adjacent to an activating group) is 1. The zero-order chi connectivity index (χ0) is 15.2. The van der Waals surface area contributed by atoms with Gasteiger partial charge in [-0.3, -0.25) is 4.90 Å². The maximum Gasteiger partial charge on any atom is 0.0475 e. The fraction of sp³-hybridized carbons (Fsp3) is 0.684. The van der Waals surface area contributed by atoms with Gasteiger partial charge in [0.15, 0.2) is 0 Å². The first-order chi connectivity index (χ1) is 10.1. The molecule has 21 heavy (non-hydrogen) atoms. The quantitative estimate of drug-likeness (QED) is 0.848. The fourth-order valence-electron chi connectivity index (χ4n) is 3.65. The highest BCUT2D eigenvalue weighted by molar-refractivity contribution is 5.20. The summed E-state index contributed by atoms with van der Waals surface area (Å²) in [4.78, 5) is 2.68. The minimum Gasteiger partial charge on any atom is -0.309 e. The Labute approximate surface area is 130 Å². The van der Waals surface area contributed by atoms with Crippen LogP contribution in [0.2, 0.25) is 0 Å². The lowest BCUT2D eigenvalue weighted by Crippen LogP contribution is -2.47. The second-order valence-electron chi connectivity index (χ2n) is 6.80. The molecule has 1 aromatic rings. The Kier molecular flexibility index (Phi) is 6.25. The third-order valence-corrected chi connectivity index (χ3v) is 5.16. The van der Waals surface area contributed by atoms with Gasteiger partial charge in [0.2, 0.25) is 0 Å². The molecule has 1 heterocycles. The lowest BCUT2D eigenvalue weighted by molar-refractivity contribution is 0.101. The van der Waals surface area contributed by atoms with Crippen molar-refractivity contribution in [2.75, 3.05) is 19.6 Å². The van der Waals surface area contributed by atoms with E-state index in [9.17, 15) is 0 Å². The predicted molar refractivity (Wildman–Crippen MR) is 91.5 cm³/mol. The first-order valence-electron chi connectivity index (χ1n) is 8.65. The Balaban J connectivity index is 2.01. The largest absolute Gasteiger partial charge is 0.309 e. The van der Waals surface area contributed by atoms with E-state index in [4.69, 9.17) is 0 Å². The van der Waals surface area contributed by atoms with Crippen molar-refractivity contribution in [1.82, 2.24) is 10.2 Å². The molecule has 0 bridgehead atoms. The smallest absolute Gasteiger partial charge is 0.0475 e. The summed E-state index contributed by atoms with van der Waals surface area (Å²) in [6.07, 6.45) is 2.71. The van der Waals surface area contributed by atoms with Crippen molar-refractivity contribution in [2.24, 2.45) is 11.8 Å². The molecule has 0 aromatic heterocycles. The number of benzene rings is 1. The summed E-state index contributed by atoms with van der Waals surface area (Å²) in [5.74, 6) is 1.75. The van der Waals surface area contributed by atoms with Crippen molar-refractivity contribution >= 4 is 0 Å². The minimum atomic E-state index is 0.437. The van der Waals surface area contributed by atoms with E-state index >= 15 is 0 Å². The molecule has 1 N–H and O–H groups in total. The number of piperidine rings is 1. The van der Waals surface area contributed by atoms with E-state index < -0.39 is 0 Å². The van der Waals surface area contributed by atoms with E-state index in [1.807, 2.05) is 0 Å². The van der Waals surface area contributed by atoms with Gasteiger partial charge in [0.05, 0.1) is 0 Å². The molecule has 2 rings (SSSR count). The molecule has 2 nitrogen and oxygen atoms in total. The highest BCUT2D eigenvalue weighted by Crippen LogP contribution is 2.29. The van der Waals surface area contributed by atoms with Gasteiger partial charge in [-0.2, -0.15) is 0 Å². The first kappa shape index (κ1) is 16.5. The Hall–Kier alpha value is -0.860. The molecule has 1 aliphatic heterocycles. The fourth-order valence-corrected chi connectivity index (χ4v) is 3.65. The molecule has 2 heteroatoms. The van der Waals surface area contributed by atoms with Crippen LogP contribution in [0, 0.1) is 11.8 Å². The summed E-state index contributed by atoms with van der Waals surface area (Å²) in [5, 5.41) is 3.69. The Bertz CT molecular complexity index is 393. The molecule has 1 aromatic carbocycles. The van der Waals surface area contributed by atoms with Gasteiger partial charge in [-0.15, -0.1) is 0 Å². The monoisotopic (exact) mass is 288 g/mol. The average molecular weight is 288 g/mol. The molecule has 1 aliphatic rings. The summed E-state index contributed by atoms with van der Waals surface area (Å²) >= 11 is 0. The van der Waals surface area contributed by atoms with E-state index in [2.05, 4.69) is 68.2 Å². The van der Waals surface area contributed by atoms with Gasteiger partial charge >= 0.3 is 0 Å². The van der Waals surface area contributed by atoms with E-state index in [1.165, 1.54) is 31.5 Å². The minimum absolute atomic E-state index is 0.437. The normalized spacial score (nSPS) is 20.6. The highest BCUT2D eigenvalue weighted by Gasteiger charge is 2.28. The van der Waals surface area contributed by atoms with Crippen LogP contribution in [-0.4, -0.2) is 30.6 Å². The van der Waals surface area contributed by atoms with Gasteiger partial charge in [-0.05, 0) is 56.8 Å². The number of nitrogens with zero attached hydrogens (tertiary/aromatic N) is 1. The summed E-state index contributed by atoms with van der Waals surface area (Å²) < 4.78 is 0. The van der Waals surface area contributed by atoms with Crippen LogP contribution in [0.1, 0.15) is 52.1 Å². The average Bonchev–Trinajstić information content (AvgIpc) is 2.53. The summed E-state index contributed by atoms with van der Waals surface area (Å²) in [5.41, 5.74) is 1.41. The van der Waals surface area contributed by atoms with Crippen LogP contribution in [0.3, 0.4) is 0 Å². The van der Waals surface area contributed by atoms with Crippen LogP contribution in [0.4, 0.5) is 0 Å². The van der Waals surface area contributed by atoms with Crippen molar-refractivity contribution in [3.63, 3.8) is 0 Å². The second kappa shape index (κ2) is 7.95. The van der Waals surface area contributed by atoms with Gasteiger partial charge in [0.1, 0.15) is 0 Å². The van der Waals surface area contributed by atoms with Crippen LogP contribution >= 0.6 is 0 Å². The molecule has 1 fully saturated rings. The van der Waals surface area contributed by atoms with E-state index in [0.717, 1.165) is 18.4 Å². The standard InChI is InChI=1S/C19H32N2/c1-5-20-19(18-9-7-6-8-10-18)16(4)21-13-11-17(12-14-21)15(2)3/h6-10,15-17,19-20H,5,11-14H2,1-4H3. The van der Waals surface area contributed by atoms with Gasteiger partial charge in [-0.25, -0.2) is 0 Å². The third-order valence-electron chi connectivity index (χ3n) is 5.16. The summed E-state index contributed by atoms with van der Waals surface area (Å²) in [6, 6.07) is 11.9. The Morgan fingerprint density at radius 3 is 2.24 bits per heavy atom. The van der Waals surface area contributed by atoms with E-state index in [-0.39, 0.29) is 0 Å². The van der Waals surface area contributed by atoms with Crippen LogP contribution in [0.15, 0.2) is 30.3 Å². The molecule has 2 atom stereocenters. The molecule has 0 aliphatic carbocycles. The molecular weight excluding hydrogens is 256 g/mol. The zero-order valence-corrected chi connectivity index (χ0v) is 14.2. The molecule has 2 unspecified atom stereocenters. The van der Waals surface area contributed by atoms with Gasteiger partial charge in [0.25, 0.3) is 0 Å². The Morgan fingerprint density at radius 1 is 1.10 bits per heavy atom. The second-order valence-corrected chi connectivity index (χ2v) is 6.80. The summed E-state index contributed by atoms with van der Waals surface area (Å²) in [7, 11) is 0. The molecule has 1 saturated heterocycles. The number of hydrogen-bond donors (Lipinski definition) is 1. The van der Waals surface area contributed by atoms with E-state index in [1.54, 1.807) is 0 Å². The van der Waals surface area contributed by atoms with Crippen LogP contribution in [0.25, 0.3) is 0 Å². The first-order valence-corrected chi connectivity index (χ1v) is 8.65. The van der Waals surface area contributed by atoms with Gasteiger partial charge < -0.3 is 5.32 Å². The third kappa shape index (κ3) is 4.31. The number of hydrogen-bond acceptors (Lipinski definition) is 2. The number of rotatable bonds is 6. The molecule has 118 valence electrons. The lowest BCUT2D eigenvalue weighted by atomic mass is 9.85. The molecule has 0 saturated carbocycles. The number of nitrogens with one attached hydrogen (secondary N) is 1. The van der Waals surface area contributed by atoms with Crippen LogP contribution in [-0.2, 0) is 0 Å². The SMILES string of the molecule is CCNC(c1ccccc1)C(C)N1CCC(C(C)C)CC1. The van der Waals surface area contributed by atoms with Crippen molar-refractivity contribution in [3.05, 3.63) is 35.9 Å². The van der Waals surface area contributed by atoms with Crippen LogP contribution in [0.5, 0.6) is 0 Å². The van der Waals surface area contributed by atoms with Crippen molar-refractivity contribution in [3.8, 4) is 0 Å². The molecule has 0 spiro atoms. The molecular formula is C19H32N2. The number of likely N-dealkylation sites (tertiary alicyclic amines) is 1. The predicted octanol–water partition coefficient (Wildman–Crippen LogP) is 4.09. The van der Waals surface area contributed by atoms with E-state index in [0.29, 0.717) is 12.1 Å². The molecule has 0 amide bonds. The van der Waals surface area contributed by atoms with Crippen molar-refractivity contribution in [2.45, 2.75) is 52.6 Å². The topological polar surface area (TPSA) is 15.3 Å². The Morgan fingerprint density at radius 2 is 1.71 bits per heavy atom.